The van der Waals surface area contributed by atoms with Crippen LogP contribution in [0.4, 0.5) is 0 Å². The van der Waals surface area contributed by atoms with Gasteiger partial charge in [-0.15, -0.1) is 0 Å². The van der Waals surface area contributed by atoms with Crippen molar-refractivity contribution < 1.29 is 23.8 Å². The Kier molecular flexibility index (Phi) is 6.40. The molecule has 0 radical (unpaired) electrons. The molecule has 6 nitrogen and oxygen atoms in total. The lowest BCUT2D eigenvalue weighted by Crippen LogP contribution is -2.28. The maximum atomic E-state index is 10.7. The Bertz CT molecular complexity index is 1200. The number of hydrogen-bond donors (Lipinski definition) is 0. The van der Waals surface area contributed by atoms with Gasteiger partial charge in [0.2, 0.25) is 5.89 Å². The zero-order valence-corrected chi connectivity index (χ0v) is 18.6. The van der Waals surface area contributed by atoms with Gasteiger partial charge in [0.25, 0.3) is 0 Å². The number of oxazole rings is 1. The van der Waals surface area contributed by atoms with E-state index in [0.29, 0.717) is 18.2 Å². The Hall–Kier alpha value is -3.90. The van der Waals surface area contributed by atoms with E-state index in [9.17, 15) is 9.90 Å². The quantitative estimate of drug-likeness (QED) is 0.391. The highest BCUT2D eigenvalue weighted by molar-refractivity contribution is 5.76. The third-order valence-electron chi connectivity index (χ3n) is 5.94. The van der Waals surface area contributed by atoms with E-state index in [-0.39, 0.29) is 12.0 Å². The van der Waals surface area contributed by atoms with Crippen molar-refractivity contribution in [3.05, 3.63) is 96.4 Å². The van der Waals surface area contributed by atoms with Gasteiger partial charge in [-0.1, -0.05) is 72.8 Å². The van der Waals surface area contributed by atoms with Crippen molar-refractivity contribution in [2.45, 2.75) is 18.9 Å². The van der Waals surface area contributed by atoms with E-state index in [4.69, 9.17) is 18.9 Å². The molecule has 0 saturated carbocycles. The van der Waals surface area contributed by atoms with Crippen molar-refractivity contribution in [2.75, 3.05) is 13.2 Å². The number of carboxylic acid groups (broad SMARTS) is 1. The van der Waals surface area contributed by atoms with E-state index in [1.54, 1.807) is 6.07 Å². The Morgan fingerprint density at radius 1 is 0.971 bits per heavy atom. The van der Waals surface area contributed by atoms with Crippen LogP contribution in [-0.4, -0.2) is 24.2 Å². The van der Waals surface area contributed by atoms with Crippen molar-refractivity contribution in [3.8, 4) is 28.3 Å². The van der Waals surface area contributed by atoms with Crippen molar-refractivity contribution in [3.63, 3.8) is 0 Å². The molecular weight excluding hydrogens is 430 g/mol. The number of rotatable bonds is 8. The highest BCUT2D eigenvalue weighted by Gasteiger charge is 2.35. The van der Waals surface area contributed by atoms with Gasteiger partial charge in [-0.3, -0.25) is 0 Å². The van der Waals surface area contributed by atoms with E-state index < -0.39 is 12.6 Å². The minimum absolute atomic E-state index is 0.169. The first-order valence-corrected chi connectivity index (χ1v) is 11.3. The predicted molar refractivity (Wildman–Crippen MR) is 125 cm³/mol. The van der Waals surface area contributed by atoms with E-state index >= 15 is 0 Å². The topological polar surface area (TPSA) is 84.6 Å². The molecule has 0 spiro atoms. The van der Waals surface area contributed by atoms with Crippen LogP contribution in [0, 0.1) is 5.92 Å². The number of benzene rings is 3. The smallest absolute Gasteiger partial charge is 0.225 e. The molecule has 172 valence electrons. The number of nitrogens with zero attached hydrogens (tertiary/aromatic N) is 1. The Morgan fingerprint density at radius 3 is 2.44 bits per heavy atom. The number of carbonyl (C=O) groups excluding carboxylic acids is 1. The van der Waals surface area contributed by atoms with E-state index in [0.717, 1.165) is 41.0 Å². The molecule has 1 aliphatic heterocycles. The summed E-state index contributed by atoms with van der Waals surface area (Å²) in [5.41, 5.74) is 3.79. The van der Waals surface area contributed by atoms with E-state index in [1.165, 1.54) is 0 Å². The molecule has 1 saturated heterocycles. The maximum absolute atomic E-state index is 10.7. The Balaban J connectivity index is 1.43. The van der Waals surface area contributed by atoms with Gasteiger partial charge in [0, 0.05) is 23.7 Å². The highest BCUT2D eigenvalue weighted by Crippen LogP contribution is 2.41. The standard InChI is InChI=1S/C28H25NO5/c30-24(31)18-33-23-13-7-8-19(17-23)16-22-14-15-32-27(22)28-29-25(20-9-3-1-4-10-20)26(34-28)21-11-5-2-6-12-21/h1-13,17,22,27H,14-16,18H2,(H,30,31)/p-1. The number of ether oxygens (including phenoxy) is 2. The molecule has 2 unspecified atom stereocenters. The second-order valence-corrected chi connectivity index (χ2v) is 8.31. The third-order valence-corrected chi connectivity index (χ3v) is 5.94. The average Bonchev–Trinajstić information content (AvgIpc) is 3.51. The minimum Gasteiger partial charge on any atom is -0.546 e. The van der Waals surface area contributed by atoms with Gasteiger partial charge in [-0.05, 0) is 30.5 Å². The lowest BCUT2D eigenvalue weighted by Gasteiger charge is -2.16. The van der Waals surface area contributed by atoms with Crippen molar-refractivity contribution >= 4 is 5.97 Å². The van der Waals surface area contributed by atoms with Gasteiger partial charge in [-0.25, -0.2) is 4.98 Å². The monoisotopic (exact) mass is 454 g/mol. The molecule has 1 aliphatic rings. The number of carboxylic acids is 1. The first-order chi connectivity index (χ1) is 16.7. The number of aliphatic carboxylic acids is 1. The van der Waals surface area contributed by atoms with Crippen LogP contribution in [-0.2, 0) is 16.0 Å². The van der Waals surface area contributed by atoms with Gasteiger partial charge in [0.05, 0.1) is 5.97 Å². The van der Waals surface area contributed by atoms with Gasteiger partial charge >= 0.3 is 0 Å². The fraction of sp³-hybridized carbons (Fsp3) is 0.214. The molecule has 4 aromatic rings. The summed E-state index contributed by atoms with van der Waals surface area (Å²) in [5, 5.41) is 10.7. The average molecular weight is 455 g/mol. The molecule has 1 fully saturated rings. The van der Waals surface area contributed by atoms with Crippen molar-refractivity contribution in [1.29, 1.82) is 0 Å². The van der Waals surface area contributed by atoms with Crippen molar-refractivity contribution in [2.24, 2.45) is 5.92 Å². The molecule has 0 N–H and O–H groups in total. The largest absolute Gasteiger partial charge is 0.546 e. The summed E-state index contributed by atoms with van der Waals surface area (Å²) in [7, 11) is 0. The summed E-state index contributed by atoms with van der Waals surface area (Å²) >= 11 is 0. The lowest BCUT2D eigenvalue weighted by molar-refractivity contribution is -0.307. The van der Waals surface area contributed by atoms with Gasteiger partial charge in [0.15, 0.2) is 5.76 Å². The molecule has 0 amide bonds. The molecule has 2 atom stereocenters. The molecule has 34 heavy (non-hydrogen) atoms. The molecule has 0 bridgehead atoms. The summed E-state index contributed by atoms with van der Waals surface area (Å²) in [6.07, 6.45) is 1.34. The summed E-state index contributed by atoms with van der Waals surface area (Å²) < 4.78 is 17.7. The van der Waals surface area contributed by atoms with Gasteiger partial charge in [-0.2, -0.15) is 0 Å². The zero-order chi connectivity index (χ0) is 23.3. The number of aromatic nitrogens is 1. The number of carbonyl (C=O) groups is 1. The molecule has 3 aromatic carbocycles. The van der Waals surface area contributed by atoms with Crippen molar-refractivity contribution in [1.82, 2.24) is 4.98 Å². The first-order valence-electron chi connectivity index (χ1n) is 11.3. The first kappa shape index (κ1) is 21.9. The predicted octanol–water partition coefficient (Wildman–Crippen LogP) is 4.46. The van der Waals surface area contributed by atoms with Gasteiger partial charge < -0.3 is 23.8 Å². The summed E-state index contributed by atoms with van der Waals surface area (Å²) in [6, 6.07) is 27.4. The van der Waals surface area contributed by atoms with Crippen LogP contribution in [0.1, 0.15) is 24.0 Å². The van der Waals surface area contributed by atoms with Gasteiger partial charge in [0.1, 0.15) is 24.2 Å². The Morgan fingerprint density at radius 2 is 1.71 bits per heavy atom. The molecule has 1 aromatic heterocycles. The normalized spacial score (nSPS) is 17.5. The molecule has 5 rings (SSSR count). The summed E-state index contributed by atoms with van der Waals surface area (Å²) in [5.74, 6) is 0.730. The van der Waals surface area contributed by atoms with Crippen LogP contribution in [0.5, 0.6) is 5.75 Å². The SMILES string of the molecule is O=C([O-])COc1cccc(CC2CCOC2c2nc(-c3ccccc3)c(-c3ccccc3)o2)c1. The summed E-state index contributed by atoms with van der Waals surface area (Å²) in [6.45, 7) is 0.152. The van der Waals surface area contributed by atoms with Crippen LogP contribution >= 0.6 is 0 Å². The van der Waals surface area contributed by atoms with Crippen LogP contribution in [0.3, 0.4) is 0 Å². The highest BCUT2D eigenvalue weighted by atomic mass is 16.5. The maximum Gasteiger partial charge on any atom is 0.225 e. The third kappa shape index (κ3) is 4.87. The second kappa shape index (κ2) is 9.93. The molecule has 0 aliphatic carbocycles. The second-order valence-electron chi connectivity index (χ2n) is 8.31. The van der Waals surface area contributed by atoms with Crippen LogP contribution < -0.4 is 9.84 Å². The van der Waals surface area contributed by atoms with Crippen LogP contribution in [0.25, 0.3) is 22.6 Å². The van der Waals surface area contributed by atoms with E-state index in [2.05, 4.69) is 0 Å². The molecule has 2 heterocycles. The molecular formula is C28H24NO5-. The zero-order valence-electron chi connectivity index (χ0n) is 18.6. The van der Waals surface area contributed by atoms with E-state index in [1.807, 2.05) is 78.9 Å². The van der Waals surface area contributed by atoms with Crippen LogP contribution in [0.2, 0.25) is 0 Å². The minimum atomic E-state index is -1.25. The Labute approximate surface area is 197 Å². The molecule has 6 heteroatoms. The van der Waals surface area contributed by atoms with Crippen LogP contribution in [0.15, 0.2) is 89.3 Å². The summed E-state index contributed by atoms with van der Waals surface area (Å²) in [4.78, 5) is 15.6. The lowest BCUT2D eigenvalue weighted by atomic mass is 9.93. The number of hydrogen-bond acceptors (Lipinski definition) is 6. The fourth-order valence-electron chi connectivity index (χ4n) is 4.36. The fourth-order valence-corrected chi connectivity index (χ4v) is 4.36.